The fourth-order valence-electron chi connectivity index (χ4n) is 4.77. The molecule has 0 amide bonds. The van der Waals surface area contributed by atoms with E-state index in [4.69, 9.17) is 0 Å². The molecule has 0 spiro atoms. The number of fused-ring (bicyclic) bond motifs is 3. The number of hydrogen-bond donors (Lipinski definition) is 3. The maximum absolute atomic E-state index is 10.7. The van der Waals surface area contributed by atoms with E-state index in [-0.39, 0.29) is 31.1 Å². The van der Waals surface area contributed by atoms with Gasteiger partial charge in [-0.25, -0.2) is 15.0 Å². The number of hydrogen-bond acceptors (Lipinski definition) is 7. The molecule has 2 saturated carbocycles. The molecule has 0 aromatic carbocycles. The summed E-state index contributed by atoms with van der Waals surface area (Å²) in [5.74, 6) is 0.821. The summed E-state index contributed by atoms with van der Waals surface area (Å²) in [6.07, 6.45) is 4.14. The van der Waals surface area contributed by atoms with E-state index in [9.17, 15) is 15.3 Å². The van der Waals surface area contributed by atoms with Crippen molar-refractivity contribution in [3.63, 3.8) is 0 Å². The van der Waals surface area contributed by atoms with E-state index >= 15 is 0 Å². The first-order chi connectivity index (χ1) is 11.5. The predicted molar refractivity (Wildman–Crippen MR) is 87.5 cm³/mol. The van der Waals surface area contributed by atoms with Crippen molar-refractivity contribution in [3.05, 3.63) is 12.7 Å². The van der Waals surface area contributed by atoms with Gasteiger partial charge in [0.2, 0.25) is 0 Å². The Morgan fingerprint density at radius 3 is 2.62 bits per heavy atom. The number of rotatable bonds is 4. The number of anilines is 1. The number of aliphatic hydroxyl groups excluding tert-OH is 3. The summed E-state index contributed by atoms with van der Waals surface area (Å²) in [6.45, 7) is -0.142. The molecule has 2 aliphatic carbocycles. The quantitative estimate of drug-likeness (QED) is 0.711. The first-order valence-corrected chi connectivity index (χ1v) is 8.27. The number of imidazole rings is 1. The lowest BCUT2D eigenvalue weighted by atomic mass is 9.71. The second kappa shape index (κ2) is 5.37. The summed E-state index contributed by atoms with van der Waals surface area (Å²) in [4.78, 5) is 15.0. The van der Waals surface area contributed by atoms with Crippen LogP contribution in [0.3, 0.4) is 0 Å². The molecule has 2 fully saturated rings. The second-order valence-corrected chi connectivity index (χ2v) is 7.38. The Bertz CT molecular complexity index is 757. The predicted octanol–water partition coefficient (Wildman–Crippen LogP) is -0.195. The minimum atomic E-state index is -0.539. The van der Waals surface area contributed by atoms with Crippen LogP contribution in [-0.4, -0.2) is 68.3 Å². The van der Waals surface area contributed by atoms with Crippen LogP contribution in [-0.2, 0) is 0 Å². The Hall–Kier alpha value is -1.77. The van der Waals surface area contributed by atoms with Crippen LogP contribution in [0.1, 0.15) is 18.9 Å². The standard InChI is InChI=1S/C16H23N5O3/c1-20(2)14-11-15(18-7-17-14)21(8-19-11)12-10-3-9(13(12)24)4-16(10,5-22)6-23/h7-10,12-13,22-24H,3-6H2,1-2H3/t9-,10-,12+,13+/m1/s1. The Morgan fingerprint density at radius 1 is 1.25 bits per heavy atom. The van der Waals surface area contributed by atoms with Gasteiger partial charge in [-0.2, -0.15) is 0 Å². The van der Waals surface area contributed by atoms with Crippen molar-refractivity contribution < 1.29 is 15.3 Å². The summed E-state index contributed by atoms with van der Waals surface area (Å²) in [5.41, 5.74) is 0.828. The highest BCUT2D eigenvalue weighted by atomic mass is 16.3. The van der Waals surface area contributed by atoms with E-state index in [1.165, 1.54) is 6.33 Å². The molecular weight excluding hydrogens is 310 g/mol. The summed E-state index contributed by atoms with van der Waals surface area (Å²) < 4.78 is 1.90. The lowest BCUT2D eigenvalue weighted by Gasteiger charge is -2.41. The zero-order valence-electron chi connectivity index (χ0n) is 13.9. The van der Waals surface area contributed by atoms with Gasteiger partial charge in [-0.3, -0.25) is 0 Å². The molecule has 2 aromatic heterocycles. The molecule has 0 aliphatic heterocycles. The van der Waals surface area contributed by atoms with Crippen molar-refractivity contribution in [2.75, 3.05) is 32.2 Å². The fourth-order valence-corrected chi connectivity index (χ4v) is 4.77. The smallest absolute Gasteiger partial charge is 0.165 e. The van der Waals surface area contributed by atoms with Crippen LogP contribution in [0, 0.1) is 17.3 Å². The maximum atomic E-state index is 10.7. The first-order valence-electron chi connectivity index (χ1n) is 8.27. The molecule has 130 valence electrons. The lowest BCUT2D eigenvalue weighted by molar-refractivity contribution is -0.0516. The van der Waals surface area contributed by atoms with E-state index in [0.717, 1.165) is 12.2 Å². The third-order valence-corrected chi connectivity index (χ3v) is 5.97. The second-order valence-electron chi connectivity index (χ2n) is 7.38. The van der Waals surface area contributed by atoms with E-state index in [1.807, 2.05) is 23.6 Å². The first kappa shape index (κ1) is 15.7. The Balaban J connectivity index is 1.82. The minimum absolute atomic E-state index is 0.00247. The van der Waals surface area contributed by atoms with Crippen LogP contribution in [0.2, 0.25) is 0 Å². The van der Waals surface area contributed by atoms with Crippen molar-refractivity contribution in [2.45, 2.75) is 25.0 Å². The highest BCUT2D eigenvalue weighted by Gasteiger charge is 2.60. The third kappa shape index (κ3) is 1.93. The van der Waals surface area contributed by atoms with E-state index in [1.54, 1.807) is 6.33 Å². The molecule has 0 radical (unpaired) electrons. The van der Waals surface area contributed by atoms with Crippen molar-refractivity contribution >= 4 is 17.0 Å². The van der Waals surface area contributed by atoms with Gasteiger partial charge in [-0.1, -0.05) is 0 Å². The van der Waals surface area contributed by atoms with Crippen molar-refractivity contribution in [3.8, 4) is 0 Å². The number of aliphatic hydroxyl groups is 3. The topological polar surface area (TPSA) is 108 Å². The SMILES string of the molecule is CN(C)c1ncnc2c1ncn2[C@@H]1[C@@H](O)[C@@H]2C[C@H]1C(CO)(CO)C2. The van der Waals surface area contributed by atoms with E-state index in [0.29, 0.717) is 17.6 Å². The van der Waals surface area contributed by atoms with Gasteiger partial charge in [0.05, 0.1) is 31.7 Å². The van der Waals surface area contributed by atoms with Gasteiger partial charge in [-0.05, 0) is 24.7 Å². The Kier molecular flexibility index (Phi) is 3.52. The summed E-state index contributed by atoms with van der Waals surface area (Å²) in [5, 5.41) is 30.5. The monoisotopic (exact) mass is 333 g/mol. The molecule has 0 saturated heterocycles. The summed E-state index contributed by atoms with van der Waals surface area (Å²) in [7, 11) is 3.80. The summed E-state index contributed by atoms with van der Waals surface area (Å²) in [6, 6.07) is -0.238. The van der Waals surface area contributed by atoms with Crippen molar-refractivity contribution in [2.24, 2.45) is 17.3 Å². The molecule has 24 heavy (non-hydrogen) atoms. The van der Waals surface area contributed by atoms with Crippen LogP contribution in [0.25, 0.3) is 11.2 Å². The van der Waals surface area contributed by atoms with E-state index in [2.05, 4.69) is 15.0 Å². The Morgan fingerprint density at radius 2 is 2.00 bits per heavy atom. The molecule has 8 heteroatoms. The van der Waals surface area contributed by atoms with Crippen LogP contribution < -0.4 is 4.90 Å². The third-order valence-electron chi connectivity index (χ3n) is 5.97. The molecule has 8 nitrogen and oxygen atoms in total. The molecule has 2 heterocycles. The highest BCUT2D eigenvalue weighted by Crippen LogP contribution is 2.60. The van der Waals surface area contributed by atoms with Gasteiger partial charge in [0, 0.05) is 19.5 Å². The van der Waals surface area contributed by atoms with Gasteiger partial charge in [0.15, 0.2) is 17.0 Å². The zero-order valence-corrected chi connectivity index (χ0v) is 13.9. The average molecular weight is 333 g/mol. The molecule has 2 bridgehead atoms. The normalized spacial score (nSPS) is 31.0. The zero-order chi connectivity index (χ0) is 17.1. The number of aromatic nitrogens is 4. The molecule has 2 aliphatic rings. The Labute approximate surface area is 139 Å². The largest absolute Gasteiger partial charge is 0.396 e. The molecule has 3 N–H and O–H groups in total. The molecular formula is C16H23N5O3. The molecule has 2 aromatic rings. The van der Waals surface area contributed by atoms with Gasteiger partial charge in [0.1, 0.15) is 6.33 Å². The lowest BCUT2D eigenvalue weighted by Crippen LogP contribution is -2.45. The van der Waals surface area contributed by atoms with Crippen molar-refractivity contribution in [1.29, 1.82) is 0 Å². The van der Waals surface area contributed by atoms with E-state index < -0.39 is 11.5 Å². The van der Waals surface area contributed by atoms with Gasteiger partial charge >= 0.3 is 0 Å². The van der Waals surface area contributed by atoms with Crippen LogP contribution in [0.15, 0.2) is 12.7 Å². The highest BCUT2D eigenvalue weighted by molar-refractivity contribution is 5.83. The molecule has 0 unspecified atom stereocenters. The minimum Gasteiger partial charge on any atom is -0.396 e. The van der Waals surface area contributed by atoms with Crippen LogP contribution in [0.5, 0.6) is 0 Å². The average Bonchev–Trinajstić information content (AvgIpc) is 3.25. The fraction of sp³-hybridized carbons (Fsp3) is 0.688. The van der Waals surface area contributed by atoms with Crippen molar-refractivity contribution in [1.82, 2.24) is 19.5 Å². The maximum Gasteiger partial charge on any atom is 0.165 e. The van der Waals surface area contributed by atoms with Crippen LogP contribution in [0.4, 0.5) is 5.82 Å². The van der Waals surface area contributed by atoms with Crippen LogP contribution >= 0.6 is 0 Å². The molecule has 4 atom stereocenters. The summed E-state index contributed by atoms with van der Waals surface area (Å²) >= 11 is 0. The van der Waals surface area contributed by atoms with Gasteiger partial charge in [0.25, 0.3) is 0 Å². The number of nitrogens with zero attached hydrogens (tertiary/aromatic N) is 5. The molecule has 4 rings (SSSR count). The van der Waals surface area contributed by atoms with Gasteiger partial charge < -0.3 is 24.8 Å². The van der Waals surface area contributed by atoms with Gasteiger partial charge in [-0.15, -0.1) is 0 Å².